The van der Waals surface area contributed by atoms with Crippen molar-refractivity contribution < 1.29 is 22.4 Å². The Labute approximate surface area is 160 Å². The second kappa shape index (κ2) is 7.01. The van der Waals surface area contributed by atoms with Gasteiger partial charge in [-0.2, -0.15) is 18.3 Å². The van der Waals surface area contributed by atoms with Crippen LogP contribution in [0.1, 0.15) is 20.9 Å². The van der Waals surface area contributed by atoms with Crippen LogP contribution in [-0.4, -0.2) is 17.1 Å². The second-order valence-electron chi connectivity index (χ2n) is 5.86. The third kappa shape index (κ3) is 3.70. The fourth-order valence-corrected chi connectivity index (χ4v) is 3.20. The molecule has 142 valence electrons. The summed E-state index contributed by atoms with van der Waals surface area (Å²) in [4.78, 5) is 15.9. The number of hydrogen-bond donors (Lipinski definition) is 2. The molecule has 0 aliphatic rings. The lowest BCUT2D eigenvalue weighted by Gasteiger charge is -2.07. The predicted octanol–water partition coefficient (Wildman–Crippen LogP) is 5.27. The number of hydrazone groups is 1. The molecule has 28 heavy (non-hydrogen) atoms. The van der Waals surface area contributed by atoms with Gasteiger partial charge in [0.1, 0.15) is 11.5 Å². The van der Waals surface area contributed by atoms with E-state index in [1.165, 1.54) is 35.8 Å². The molecule has 9 heteroatoms. The highest BCUT2D eigenvalue weighted by atomic mass is 32.1. The molecule has 3 heterocycles. The molecule has 0 aliphatic heterocycles. The molecule has 4 rings (SSSR count). The maximum atomic E-state index is 12.9. The fourth-order valence-electron chi connectivity index (χ4n) is 2.62. The lowest BCUT2D eigenvalue weighted by molar-refractivity contribution is -0.137. The highest BCUT2D eigenvalue weighted by molar-refractivity contribution is 7.11. The number of nitrogens with zero attached hydrogens (tertiary/aromatic N) is 1. The number of furan rings is 1. The monoisotopic (exact) mass is 403 g/mol. The summed E-state index contributed by atoms with van der Waals surface area (Å²) < 4.78 is 44.2. The van der Waals surface area contributed by atoms with Crippen LogP contribution in [0.15, 0.2) is 63.4 Å². The zero-order valence-corrected chi connectivity index (χ0v) is 14.9. The van der Waals surface area contributed by atoms with E-state index in [1.807, 2.05) is 17.5 Å². The summed E-state index contributed by atoms with van der Waals surface area (Å²) in [6.45, 7) is 0. The Bertz CT molecular complexity index is 1130. The summed E-state index contributed by atoms with van der Waals surface area (Å²) in [6.07, 6.45) is -2.90. The van der Waals surface area contributed by atoms with Gasteiger partial charge >= 0.3 is 6.18 Å². The standard InChI is InChI=1S/C19H12F3N3O2S/c20-19(21,22)12-4-1-3-11(7-12)16-8-14-17(27-16)9-15(24-14)18(26)25-23-10-13-5-2-6-28-13/h1-10,24H,(H,25,26). The van der Waals surface area contributed by atoms with Gasteiger partial charge < -0.3 is 9.40 Å². The van der Waals surface area contributed by atoms with Crippen LogP contribution in [-0.2, 0) is 6.18 Å². The van der Waals surface area contributed by atoms with Gasteiger partial charge in [-0.15, -0.1) is 11.3 Å². The lowest BCUT2D eigenvalue weighted by Crippen LogP contribution is -2.17. The van der Waals surface area contributed by atoms with E-state index >= 15 is 0 Å². The van der Waals surface area contributed by atoms with E-state index in [2.05, 4.69) is 15.5 Å². The number of amides is 1. The third-order valence-corrected chi connectivity index (χ3v) is 4.73. The van der Waals surface area contributed by atoms with E-state index in [0.29, 0.717) is 16.7 Å². The molecule has 2 N–H and O–H groups in total. The molecule has 0 bridgehead atoms. The average Bonchev–Trinajstić information content (AvgIpc) is 3.37. The molecule has 5 nitrogen and oxygen atoms in total. The molecule has 0 radical (unpaired) electrons. The molecule has 4 aromatic rings. The summed E-state index contributed by atoms with van der Waals surface area (Å²) >= 11 is 1.48. The summed E-state index contributed by atoms with van der Waals surface area (Å²) in [7, 11) is 0. The third-order valence-electron chi connectivity index (χ3n) is 3.93. The van der Waals surface area contributed by atoms with Crippen molar-refractivity contribution in [2.75, 3.05) is 0 Å². The number of aromatic amines is 1. The smallest absolute Gasteiger partial charge is 0.416 e. The first kappa shape index (κ1) is 18.1. The summed E-state index contributed by atoms with van der Waals surface area (Å²) in [5.41, 5.74) is 3.03. The molecule has 0 unspecified atom stereocenters. The van der Waals surface area contributed by atoms with Crippen LogP contribution in [0.4, 0.5) is 13.2 Å². The topological polar surface area (TPSA) is 70.4 Å². The van der Waals surface area contributed by atoms with Gasteiger partial charge in [-0.25, -0.2) is 5.43 Å². The van der Waals surface area contributed by atoms with Crippen LogP contribution in [0.2, 0.25) is 0 Å². The number of thiophene rings is 1. The Morgan fingerprint density at radius 1 is 1.18 bits per heavy atom. The highest BCUT2D eigenvalue weighted by Crippen LogP contribution is 2.34. The zero-order valence-electron chi connectivity index (χ0n) is 14.1. The molecule has 0 atom stereocenters. The van der Waals surface area contributed by atoms with E-state index in [9.17, 15) is 18.0 Å². The summed E-state index contributed by atoms with van der Waals surface area (Å²) in [5.74, 6) is -0.185. The molecule has 0 saturated heterocycles. The molecule has 0 saturated carbocycles. The number of hydrogen-bond acceptors (Lipinski definition) is 4. The van der Waals surface area contributed by atoms with Gasteiger partial charge in [0.25, 0.3) is 5.91 Å². The molecule has 0 fully saturated rings. The number of aromatic nitrogens is 1. The molecule has 0 spiro atoms. The first-order valence-electron chi connectivity index (χ1n) is 8.07. The normalized spacial score (nSPS) is 12.1. The maximum Gasteiger partial charge on any atom is 0.416 e. The van der Waals surface area contributed by atoms with E-state index < -0.39 is 17.6 Å². The van der Waals surface area contributed by atoms with Crippen molar-refractivity contribution in [1.29, 1.82) is 0 Å². The Hall–Kier alpha value is -3.33. The molecule has 3 aromatic heterocycles. The fraction of sp³-hybridized carbons (Fsp3) is 0.0526. The number of halogens is 3. The molecule has 1 aromatic carbocycles. The van der Waals surface area contributed by atoms with E-state index in [4.69, 9.17) is 4.42 Å². The van der Waals surface area contributed by atoms with Crippen molar-refractivity contribution >= 4 is 34.6 Å². The second-order valence-corrected chi connectivity index (χ2v) is 6.84. The quantitative estimate of drug-likeness (QED) is 0.360. The Kier molecular flexibility index (Phi) is 4.52. The van der Waals surface area contributed by atoms with Crippen molar-refractivity contribution in [3.05, 3.63) is 70.0 Å². The molecular formula is C19H12F3N3O2S. The Morgan fingerprint density at radius 2 is 2.04 bits per heavy atom. The average molecular weight is 403 g/mol. The Balaban J connectivity index is 1.53. The van der Waals surface area contributed by atoms with Crippen LogP contribution in [0.25, 0.3) is 22.4 Å². The number of H-pyrrole nitrogens is 1. The van der Waals surface area contributed by atoms with Crippen LogP contribution in [0, 0.1) is 0 Å². The number of rotatable bonds is 4. The van der Waals surface area contributed by atoms with Crippen molar-refractivity contribution in [2.24, 2.45) is 5.10 Å². The minimum Gasteiger partial charge on any atom is -0.454 e. The van der Waals surface area contributed by atoms with Gasteiger partial charge in [0.2, 0.25) is 0 Å². The van der Waals surface area contributed by atoms with Gasteiger partial charge in [-0.05, 0) is 23.6 Å². The number of fused-ring (bicyclic) bond motifs is 1. The molecular weight excluding hydrogens is 391 g/mol. The van der Waals surface area contributed by atoms with E-state index in [1.54, 1.807) is 6.07 Å². The van der Waals surface area contributed by atoms with Gasteiger partial charge in [-0.1, -0.05) is 18.2 Å². The number of alkyl halides is 3. The number of benzene rings is 1. The SMILES string of the molecule is O=C(NN=Cc1cccs1)c1cc2oc(-c3cccc(C(F)(F)F)c3)cc2[nH]1. The molecule has 1 amide bonds. The van der Waals surface area contributed by atoms with Gasteiger partial charge in [0.05, 0.1) is 17.3 Å². The van der Waals surface area contributed by atoms with Crippen LogP contribution in [0.3, 0.4) is 0 Å². The first-order chi connectivity index (χ1) is 13.4. The largest absolute Gasteiger partial charge is 0.454 e. The van der Waals surface area contributed by atoms with Crippen LogP contribution >= 0.6 is 11.3 Å². The van der Waals surface area contributed by atoms with Gasteiger partial charge in [0, 0.05) is 22.6 Å². The van der Waals surface area contributed by atoms with Crippen LogP contribution < -0.4 is 5.43 Å². The highest BCUT2D eigenvalue weighted by Gasteiger charge is 2.30. The minimum absolute atomic E-state index is 0.229. The number of carbonyl (C=O) groups excluding carboxylic acids is 1. The van der Waals surface area contributed by atoms with Gasteiger partial charge in [-0.3, -0.25) is 4.79 Å². The van der Waals surface area contributed by atoms with Crippen molar-refractivity contribution in [1.82, 2.24) is 10.4 Å². The van der Waals surface area contributed by atoms with Crippen molar-refractivity contribution in [2.45, 2.75) is 6.18 Å². The van der Waals surface area contributed by atoms with E-state index in [-0.39, 0.29) is 11.5 Å². The Morgan fingerprint density at radius 3 is 2.75 bits per heavy atom. The van der Waals surface area contributed by atoms with Gasteiger partial charge in [0.15, 0.2) is 5.58 Å². The number of nitrogens with one attached hydrogen (secondary N) is 2. The zero-order chi connectivity index (χ0) is 19.7. The maximum absolute atomic E-state index is 12.9. The number of carbonyl (C=O) groups is 1. The molecule has 0 aliphatic carbocycles. The predicted molar refractivity (Wildman–Crippen MR) is 100 cm³/mol. The van der Waals surface area contributed by atoms with Crippen molar-refractivity contribution in [3.63, 3.8) is 0 Å². The van der Waals surface area contributed by atoms with Crippen LogP contribution in [0.5, 0.6) is 0 Å². The summed E-state index contributed by atoms with van der Waals surface area (Å²) in [5, 5.41) is 5.76. The first-order valence-corrected chi connectivity index (χ1v) is 8.95. The summed E-state index contributed by atoms with van der Waals surface area (Å²) in [6, 6.07) is 11.6. The minimum atomic E-state index is -4.43. The lowest BCUT2D eigenvalue weighted by atomic mass is 10.1. The van der Waals surface area contributed by atoms with Crippen molar-refractivity contribution in [3.8, 4) is 11.3 Å². The van der Waals surface area contributed by atoms with E-state index in [0.717, 1.165) is 17.0 Å².